The lowest BCUT2D eigenvalue weighted by molar-refractivity contribution is -0.137. The molecule has 0 saturated heterocycles. The van der Waals surface area contributed by atoms with Crippen molar-refractivity contribution in [3.05, 3.63) is 17.8 Å². The normalized spacial score (nSPS) is 10.2. The molecule has 1 amide bonds. The molecule has 0 bridgehead atoms. The number of carboxylic acids is 1. The number of nitrogens with zero attached hydrogens (tertiary/aromatic N) is 2. The number of hydrogen-bond acceptors (Lipinski definition) is 6. The van der Waals surface area contributed by atoms with Crippen LogP contribution in [0.5, 0.6) is 0 Å². The number of hydrogen-bond donors (Lipinski definition) is 3. The molecule has 0 spiro atoms. The second-order valence-corrected chi connectivity index (χ2v) is 4.30. The predicted molar refractivity (Wildman–Crippen MR) is 66.6 cm³/mol. The number of carbonyl (C=O) groups excluding carboxylic acids is 1. The Kier molecular flexibility index (Phi) is 3.68. The maximum absolute atomic E-state index is 11.3. The van der Waals surface area contributed by atoms with E-state index in [4.69, 9.17) is 5.11 Å². The molecule has 0 atom stereocenters. The van der Waals surface area contributed by atoms with Gasteiger partial charge in [-0.05, 0) is 11.4 Å². The molecule has 0 aliphatic carbocycles. The number of carbonyl (C=O) groups is 2. The second kappa shape index (κ2) is 5.41. The summed E-state index contributed by atoms with van der Waals surface area (Å²) in [7, 11) is 0. The third-order valence-electron chi connectivity index (χ3n) is 2.10. The maximum Gasteiger partial charge on any atom is 0.322 e. The first-order valence-electron chi connectivity index (χ1n) is 5.07. The molecule has 8 heteroatoms. The third-order valence-corrected chi connectivity index (χ3v) is 3.01. The van der Waals surface area contributed by atoms with Crippen LogP contribution in [-0.2, 0) is 9.59 Å². The Labute approximate surface area is 106 Å². The van der Waals surface area contributed by atoms with Gasteiger partial charge in [0, 0.05) is 0 Å². The van der Waals surface area contributed by atoms with E-state index in [2.05, 4.69) is 20.6 Å². The molecule has 18 heavy (non-hydrogen) atoms. The Hall–Kier alpha value is -2.22. The molecule has 3 N–H and O–H groups in total. The molecule has 2 aromatic heterocycles. The van der Waals surface area contributed by atoms with Gasteiger partial charge in [-0.3, -0.25) is 9.59 Å². The van der Waals surface area contributed by atoms with Gasteiger partial charge in [0.1, 0.15) is 18.7 Å². The average molecular weight is 266 g/mol. The molecule has 0 saturated carbocycles. The van der Waals surface area contributed by atoms with Crippen LogP contribution < -0.4 is 10.6 Å². The van der Waals surface area contributed by atoms with Crippen molar-refractivity contribution in [3.63, 3.8) is 0 Å². The van der Waals surface area contributed by atoms with Gasteiger partial charge in [-0.1, -0.05) is 0 Å². The van der Waals surface area contributed by atoms with E-state index in [9.17, 15) is 9.59 Å². The first-order valence-corrected chi connectivity index (χ1v) is 5.95. The number of rotatable bonds is 5. The minimum atomic E-state index is -1.08. The molecule has 0 radical (unpaired) electrons. The van der Waals surface area contributed by atoms with Crippen molar-refractivity contribution in [2.45, 2.75) is 0 Å². The minimum absolute atomic E-state index is 0.0305. The van der Waals surface area contributed by atoms with Gasteiger partial charge in [0.25, 0.3) is 0 Å². The van der Waals surface area contributed by atoms with Crippen LogP contribution in [0.25, 0.3) is 10.2 Å². The highest BCUT2D eigenvalue weighted by molar-refractivity contribution is 7.17. The number of aliphatic carboxylic acids is 1. The highest BCUT2D eigenvalue weighted by Gasteiger charge is 2.07. The quantitative estimate of drug-likeness (QED) is 0.719. The maximum atomic E-state index is 11.3. The standard InChI is InChI=1S/C10H10N4O3S/c15-7(11-4-8(16)17)3-12-10-9-6(1-2-18-9)13-5-14-10/h1-2,5H,3-4H2,(H,11,15)(H,16,17)(H,12,13,14). The number of fused-ring (bicyclic) bond motifs is 1. The van der Waals surface area contributed by atoms with Crippen LogP contribution in [0.15, 0.2) is 17.8 Å². The zero-order valence-electron chi connectivity index (χ0n) is 9.21. The van der Waals surface area contributed by atoms with Crippen molar-refractivity contribution in [2.75, 3.05) is 18.4 Å². The molecule has 94 valence electrons. The third kappa shape index (κ3) is 2.92. The van der Waals surface area contributed by atoms with E-state index in [-0.39, 0.29) is 6.54 Å². The zero-order chi connectivity index (χ0) is 13.0. The zero-order valence-corrected chi connectivity index (χ0v) is 10.0. The number of aromatic nitrogens is 2. The molecule has 0 fully saturated rings. The number of thiophene rings is 1. The molecule has 0 aliphatic rings. The highest BCUT2D eigenvalue weighted by Crippen LogP contribution is 2.24. The summed E-state index contributed by atoms with van der Waals surface area (Å²) in [6, 6.07) is 1.86. The summed E-state index contributed by atoms with van der Waals surface area (Å²) >= 11 is 1.47. The van der Waals surface area contributed by atoms with E-state index in [1.54, 1.807) is 0 Å². The summed E-state index contributed by atoms with van der Waals surface area (Å²) in [5.74, 6) is -0.910. The van der Waals surface area contributed by atoms with Crippen LogP contribution >= 0.6 is 11.3 Å². The van der Waals surface area contributed by atoms with Gasteiger partial charge < -0.3 is 15.7 Å². The van der Waals surface area contributed by atoms with Crippen LogP contribution in [-0.4, -0.2) is 40.0 Å². The van der Waals surface area contributed by atoms with Crippen molar-refractivity contribution in [1.82, 2.24) is 15.3 Å². The van der Waals surface area contributed by atoms with Gasteiger partial charge in [0.15, 0.2) is 0 Å². The Morgan fingerprint density at radius 1 is 1.33 bits per heavy atom. The molecule has 0 aliphatic heterocycles. The van der Waals surface area contributed by atoms with Crippen molar-refractivity contribution < 1.29 is 14.7 Å². The summed E-state index contributed by atoms with van der Waals surface area (Å²) in [5, 5.41) is 15.4. The van der Waals surface area contributed by atoms with Crippen LogP contribution in [0.1, 0.15) is 0 Å². The summed E-state index contributed by atoms with van der Waals surface area (Å²) in [6.07, 6.45) is 1.41. The van der Waals surface area contributed by atoms with E-state index < -0.39 is 18.4 Å². The number of nitrogens with one attached hydrogen (secondary N) is 2. The monoisotopic (exact) mass is 266 g/mol. The van der Waals surface area contributed by atoms with Crippen molar-refractivity contribution >= 4 is 39.2 Å². The van der Waals surface area contributed by atoms with E-state index in [1.165, 1.54) is 17.7 Å². The van der Waals surface area contributed by atoms with Crippen molar-refractivity contribution in [1.29, 1.82) is 0 Å². The minimum Gasteiger partial charge on any atom is -0.480 e. The topological polar surface area (TPSA) is 104 Å². The molecular weight excluding hydrogens is 256 g/mol. The van der Waals surface area contributed by atoms with Crippen LogP contribution in [0, 0.1) is 0 Å². The van der Waals surface area contributed by atoms with E-state index in [1.807, 2.05) is 11.4 Å². The lowest BCUT2D eigenvalue weighted by atomic mass is 10.4. The number of amides is 1. The van der Waals surface area contributed by atoms with Crippen molar-refractivity contribution in [2.24, 2.45) is 0 Å². The smallest absolute Gasteiger partial charge is 0.322 e. The molecule has 2 rings (SSSR count). The molecule has 2 aromatic rings. The fourth-order valence-corrected chi connectivity index (χ4v) is 2.13. The van der Waals surface area contributed by atoms with Crippen LogP contribution in [0.4, 0.5) is 5.82 Å². The van der Waals surface area contributed by atoms with E-state index in [0.29, 0.717) is 5.82 Å². The van der Waals surface area contributed by atoms with E-state index in [0.717, 1.165) is 10.2 Å². The first-order chi connectivity index (χ1) is 8.66. The average Bonchev–Trinajstić information content (AvgIpc) is 2.82. The Bertz CT molecular complexity index is 583. The van der Waals surface area contributed by atoms with Gasteiger partial charge in [-0.15, -0.1) is 11.3 Å². The van der Waals surface area contributed by atoms with Crippen molar-refractivity contribution in [3.8, 4) is 0 Å². The Morgan fingerprint density at radius 2 is 2.17 bits per heavy atom. The van der Waals surface area contributed by atoms with Gasteiger partial charge in [0.05, 0.1) is 16.8 Å². The first kappa shape index (κ1) is 12.2. The summed E-state index contributed by atoms with van der Waals surface area (Å²) in [6.45, 7) is -0.421. The highest BCUT2D eigenvalue weighted by atomic mass is 32.1. The Balaban J connectivity index is 1.96. The summed E-state index contributed by atoms with van der Waals surface area (Å²) in [5.41, 5.74) is 0.809. The van der Waals surface area contributed by atoms with Crippen LogP contribution in [0.2, 0.25) is 0 Å². The molecule has 0 unspecified atom stereocenters. The number of anilines is 1. The molecule has 7 nitrogen and oxygen atoms in total. The second-order valence-electron chi connectivity index (χ2n) is 3.38. The Morgan fingerprint density at radius 3 is 2.94 bits per heavy atom. The lowest BCUT2D eigenvalue weighted by Crippen LogP contribution is -2.33. The number of carboxylic acid groups (broad SMARTS) is 1. The van der Waals surface area contributed by atoms with Crippen LogP contribution in [0.3, 0.4) is 0 Å². The molecular formula is C10H10N4O3S. The largest absolute Gasteiger partial charge is 0.480 e. The molecule has 0 aromatic carbocycles. The lowest BCUT2D eigenvalue weighted by Gasteiger charge is -2.05. The summed E-state index contributed by atoms with van der Waals surface area (Å²) in [4.78, 5) is 29.7. The fourth-order valence-electron chi connectivity index (χ4n) is 1.32. The SMILES string of the molecule is O=C(O)CNC(=O)CNc1ncnc2ccsc12. The summed E-state index contributed by atoms with van der Waals surface area (Å²) < 4.78 is 0.864. The van der Waals surface area contributed by atoms with E-state index >= 15 is 0 Å². The predicted octanol–water partition coefficient (Wildman–Crippen LogP) is 0.304. The van der Waals surface area contributed by atoms with Gasteiger partial charge in [0.2, 0.25) is 5.91 Å². The van der Waals surface area contributed by atoms with Gasteiger partial charge in [-0.25, -0.2) is 9.97 Å². The van der Waals surface area contributed by atoms with Gasteiger partial charge >= 0.3 is 5.97 Å². The molecule has 2 heterocycles. The fraction of sp³-hybridized carbons (Fsp3) is 0.200. The van der Waals surface area contributed by atoms with Gasteiger partial charge in [-0.2, -0.15) is 0 Å².